The van der Waals surface area contributed by atoms with E-state index in [0.717, 1.165) is 0 Å². The molecule has 0 unspecified atom stereocenters. The Bertz CT molecular complexity index is 1080. The Morgan fingerprint density at radius 2 is 1.77 bits per heavy atom. The highest BCUT2D eigenvalue weighted by Gasteiger charge is 2.42. The van der Waals surface area contributed by atoms with Gasteiger partial charge in [-0.1, -0.05) is 18.2 Å². The van der Waals surface area contributed by atoms with Crippen LogP contribution in [0.5, 0.6) is 0 Å². The highest BCUT2D eigenvalue weighted by molar-refractivity contribution is 6.15. The number of carbonyl (C=O) groups excluding carboxylic acids is 2. The number of hydrogen-bond donors (Lipinski definition) is 1. The van der Waals surface area contributed by atoms with Crippen molar-refractivity contribution in [2.45, 2.75) is 13.3 Å². The molecular formula is C22H23N3O6. The number of carbonyl (C=O) groups is 3. The third-order valence-corrected chi connectivity index (χ3v) is 5.60. The number of anilines is 1. The molecule has 0 aromatic heterocycles. The van der Waals surface area contributed by atoms with Crippen molar-refractivity contribution in [1.82, 2.24) is 4.90 Å². The van der Waals surface area contributed by atoms with Crippen LogP contribution in [0.2, 0.25) is 0 Å². The topological polar surface area (TPSA) is 121 Å². The monoisotopic (exact) mass is 425 g/mol. The first-order valence-electron chi connectivity index (χ1n) is 9.67. The van der Waals surface area contributed by atoms with Crippen LogP contribution >= 0.6 is 0 Å². The highest BCUT2D eigenvalue weighted by atomic mass is 16.6. The van der Waals surface area contributed by atoms with Crippen LogP contribution in [0.1, 0.15) is 39.6 Å². The van der Waals surface area contributed by atoms with Crippen molar-refractivity contribution in [1.29, 1.82) is 0 Å². The van der Waals surface area contributed by atoms with Crippen LogP contribution in [0, 0.1) is 15.5 Å². The van der Waals surface area contributed by atoms with Crippen LogP contribution in [-0.2, 0) is 4.79 Å². The van der Waals surface area contributed by atoms with E-state index in [1.165, 1.54) is 35.2 Å². The fourth-order valence-electron chi connectivity index (χ4n) is 3.69. The molecule has 2 aromatic carbocycles. The molecule has 0 saturated carbocycles. The normalized spacial score (nSPS) is 18.0. The lowest BCUT2D eigenvalue weighted by atomic mass is 9.90. The second-order valence-electron chi connectivity index (χ2n) is 8.07. The van der Waals surface area contributed by atoms with E-state index in [1.807, 2.05) is 0 Å². The zero-order valence-corrected chi connectivity index (χ0v) is 17.5. The lowest BCUT2D eigenvalue weighted by molar-refractivity contribution is -0.384. The summed E-state index contributed by atoms with van der Waals surface area (Å²) in [6.07, 6.45) is 0.322. The van der Waals surface area contributed by atoms with Crippen molar-refractivity contribution in [3.05, 3.63) is 69.3 Å². The van der Waals surface area contributed by atoms with Gasteiger partial charge in [0.2, 0.25) is 0 Å². The molecule has 2 aromatic rings. The first kappa shape index (κ1) is 21.9. The Hall–Kier alpha value is -3.75. The molecule has 1 amide bonds. The lowest BCUT2D eigenvalue weighted by Gasteiger charge is -2.21. The maximum atomic E-state index is 13.2. The first-order chi connectivity index (χ1) is 14.5. The average molecular weight is 425 g/mol. The van der Waals surface area contributed by atoms with Crippen molar-refractivity contribution in [3.63, 3.8) is 0 Å². The van der Waals surface area contributed by atoms with Crippen LogP contribution < -0.4 is 4.90 Å². The van der Waals surface area contributed by atoms with Gasteiger partial charge >= 0.3 is 5.97 Å². The van der Waals surface area contributed by atoms with E-state index < -0.39 is 28.0 Å². The number of nitro benzene ring substituents is 1. The molecule has 1 atom stereocenters. The van der Waals surface area contributed by atoms with E-state index in [2.05, 4.69) is 0 Å². The third-order valence-electron chi connectivity index (χ3n) is 5.60. The number of nitro groups is 1. The highest BCUT2D eigenvalue weighted by Crippen LogP contribution is 2.32. The molecule has 1 fully saturated rings. The zero-order chi connectivity index (χ0) is 22.9. The fraction of sp³-hybridized carbons (Fsp3) is 0.318. The smallest absolute Gasteiger partial charge is 0.311 e. The Balaban J connectivity index is 1.96. The van der Waals surface area contributed by atoms with E-state index in [-0.39, 0.29) is 35.5 Å². The number of hydrogen-bond acceptors (Lipinski definition) is 6. The first-order valence-corrected chi connectivity index (χ1v) is 9.67. The van der Waals surface area contributed by atoms with Gasteiger partial charge in [-0.3, -0.25) is 24.5 Å². The van der Waals surface area contributed by atoms with Crippen LogP contribution in [-0.4, -0.2) is 59.8 Å². The van der Waals surface area contributed by atoms with Crippen molar-refractivity contribution >= 4 is 29.0 Å². The number of carboxylic acids is 1. The zero-order valence-electron chi connectivity index (χ0n) is 17.5. The van der Waals surface area contributed by atoms with Crippen molar-refractivity contribution in [3.8, 4) is 0 Å². The summed E-state index contributed by atoms with van der Waals surface area (Å²) in [7, 11) is 3.33. The number of benzene rings is 2. The number of likely N-dealkylation sites (tertiary alicyclic amines) is 1. The molecule has 0 aliphatic carbocycles. The Morgan fingerprint density at radius 3 is 2.32 bits per heavy atom. The molecule has 31 heavy (non-hydrogen) atoms. The molecule has 1 aliphatic rings. The van der Waals surface area contributed by atoms with Crippen LogP contribution in [0.3, 0.4) is 0 Å². The molecule has 3 rings (SSSR count). The molecule has 0 spiro atoms. The molecule has 9 heteroatoms. The van der Waals surface area contributed by atoms with Gasteiger partial charge in [-0.25, -0.2) is 0 Å². The summed E-state index contributed by atoms with van der Waals surface area (Å²) >= 11 is 0. The van der Waals surface area contributed by atoms with Gasteiger partial charge in [0.05, 0.1) is 15.9 Å². The maximum Gasteiger partial charge on any atom is 0.311 e. The second kappa shape index (κ2) is 8.17. The number of aliphatic carboxylic acids is 1. The van der Waals surface area contributed by atoms with Crippen molar-refractivity contribution in [2.75, 3.05) is 32.1 Å². The van der Waals surface area contributed by atoms with Gasteiger partial charge in [0.25, 0.3) is 11.6 Å². The quantitative estimate of drug-likeness (QED) is 0.429. The van der Waals surface area contributed by atoms with Gasteiger partial charge in [0.15, 0.2) is 5.78 Å². The van der Waals surface area contributed by atoms with Gasteiger partial charge in [0.1, 0.15) is 5.69 Å². The summed E-state index contributed by atoms with van der Waals surface area (Å²) in [6.45, 7) is 1.91. The third kappa shape index (κ3) is 4.11. The van der Waals surface area contributed by atoms with E-state index in [9.17, 15) is 29.6 Å². The largest absolute Gasteiger partial charge is 0.481 e. The minimum atomic E-state index is -1.03. The predicted molar refractivity (Wildman–Crippen MR) is 114 cm³/mol. The van der Waals surface area contributed by atoms with Crippen LogP contribution in [0.25, 0.3) is 0 Å². The molecule has 1 saturated heterocycles. The number of carboxylic acid groups (broad SMARTS) is 1. The number of rotatable bonds is 6. The van der Waals surface area contributed by atoms with Gasteiger partial charge in [-0.15, -0.1) is 0 Å². The van der Waals surface area contributed by atoms with E-state index >= 15 is 0 Å². The summed E-state index contributed by atoms with van der Waals surface area (Å²) in [5.74, 6) is -1.92. The average Bonchev–Trinajstić information content (AvgIpc) is 3.15. The maximum absolute atomic E-state index is 13.2. The summed E-state index contributed by atoms with van der Waals surface area (Å²) in [4.78, 5) is 51.7. The van der Waals surface area contributed by atoms with Crippen LogP contribution in [0.4, 0.5) is 11.4 Å². The Kier molecular flexibility index (Phi) is 5.79. The van der Waals surface area contributed by atoms with Crippen molar-refractivity contribution in [2.24, 2.45) is 5.41 Å². The number of amides is 1. The predicted octanol–water partition coefficient (Wildman–Crippen LogP) is 2.83. The molecule has 0 bridgehead atoms. The number of nitrogens with zero attached hydrogens (tertiary/aromatic N) is 3. The molecular weight excluding hydrogens is 402 g/mol. The Labute approximate surface area is 179 Å². The number of ketones is 1. The molecule has 1 heterocycles. The minimum Gasteiger partial charge on any atom is -0.481 e. The molecule has 0 radical (unpaired) electrons. The second-order valence-corrected chi connectivity index (χ2v) is 8.07. The van der Waals surface area contributed by atoms with E-state index in [0.29, 0.717) is 12.1 Å². The minimum absolute atomic E-state index is 0.0483. The summed E-state index contributed by atoms with van der Waals surface area (Å²) in [5, 5.41) is 20.9. The van der Waals surface area contributed by atoms with Gasteiger partial charge in [0, 0.05) is 44.4 Å². The summed E-state index contributed by atoms with van der Waals surface area (Å²) < 4.78 is 0. The van der Waals surface area contributed by atoms with Gasteiger partial charge in [-0.05, 0) is 31.5 Å². The molecule has 1 N–H and O–H groups in total. The van der Waals surface area contributed by atoms with Gasteiger partial charge < -0.3 is 14.9 Å². The van der Waals surface area contributed by atoms with Gasteiger partial charge in [-0.2, -0.15) is 0 Å². The van der Waals surface area contributed by atoms with E-state index in [1.54, 1.807) is 38.1 Å². The fourth-order valence-corrected chi connectivity index (χ4v) is 3.69. The molecule has 162 valence electrons. The summed E-state index contributed by atoms with van der Waals surface area (Å²) in [5.41, 5.74) is -0.538. The SMILES string of the molecule is CN(C)c1ccc(C(=O)c2ccccc2C(=O)N2CC[C@](C)(C(=O)O)C2)cc1[N+](=O)[O-]. The van der Waals surface area contributed by atoms with Crippen LogP contribution in [0.15, 0.2) is 42.5 Å². The van der Waals surface area contributed by atoms with Crippen molar-refractivity contribution < 1.29 is 24.4 Å². The van der Waals surface area contributed by atoms with E-state index in [4.69, 9.17) is 0 Å². The standard InChI is InChI=1S/C22H23N3O6/c1-22(21(28)29)10-11-24(13-22)20(27)16-7-5-4-6-15(16)19(26)14-8-9-17(23(2)3)18(12-14)25(30)31/h4-9,12H,10-11,13H2,1-3H3,(H,28,29)/t22-/m0/s1. The lowest BCUT2D eigenvalue weighted by Crippen LogP contribution is -2.35. The summed E-state index contributed by atoms with van der Waals surface area (Å²) in [6, 6.07) is 10.4. The molecule has 1 aliphatic heterocycles. The Morgan fingerprint density at radius 1 is 1.13 bits per heavy atom. The molecule has 9 nitrogen and oxygen atoms in total.